The van der Waals surface area contributed by atoms with Gasteiger partial charge in [0.05, 0.1) is 0 Å². The first-order chi connectivity index (χ1) is 12.2. The van der Waals surface area contributed by atoms with Gasteiger partial charge in [-0.15, -0.1) is 10.2 Å². The van der Waals surface area contributed by atoms with Crippen LogP contribution in [0.5, 0.6) is 5.75 Å². The van der Waals surface area contributed by atoms with Gasteiger partial charge in [0.1, 0.15) is 12.1 Å². The second-order valence-corrected chi connectivity index (χ2v) is 5.68. The molecule has 1 amide bonds. The Morgan fingerprint density at radius 2 is 2.00 bits per heavy atom. The van der Waals surface area contributed by atoms with Gasteiger partial charge in [0.2, 0.25) is 0 Å². The average Bonchev–Trinajstić information content (AvgIpc) is 3.06. The summed E-state index contributed by atoms with van der Waals surface area (Å²) in [6, 6.07) is 15.2. The van der Waals surface area contributed by atoms with Crippen LogP contribution in [0.4, 0.5) is 5.69 Å². The van der Waals surface area contributed by atoms with Crippen LogP contribution in [0.3, 0.4) is 0 Å². The summed E-state index contributed by atoms with van der Waals surface area (Å²) in [6.07, 6.45) is 2.61. The number of carbonyl (C=O) groups is 1. The fraction of sp³-hybridized carbons (Fsp3) is 0.211. The normalized spacial score (nSPS) is 10.5. The summed E-state index contributed by atoms with van der Waals surface area (Å²) in [6.45, 7) is 2.05. The Morgan fingerprint density at radius 1 is 1.20 bits per heavy atom. The van der Waals surface area contributed by atoms with E-state index in [-0.39, 0.29) is 12.5 Å². The zero-order chi connectivity index (χ0) is 17.6. The molecular formula is C19H20N4O2. The van der Waals surface area contributed by atoms with Crippen molar-refractivity contribution in [1.82, 2.24) is 14.8 Å². The molecule has 128 valence electrons. The fourth-order valence-electron chi connectivity index (χ4n) is 2.45. The molecule has 1 aromatic heterocycles. The molecule has 25 heavy (non-hydrogen) atoms. The lowest BCUT2D eigenvalue weighted by Crippen LogP contribution is -2.20. The van der Waals surface area contributed by atoms with E-state index in [2.05, 4.69) is 22.4 Å². The SMILES string of the molecule is CCc1ccc(OCC(=O)Nc2cccc(-c3nncn3C)c2)cc1. The number of anilines is 1. The molecule has 0 atom stereocenters. The number of hydrogen-bond donors (Lipinski definition) is 1. The van der Waals surface area contributed by atoms with Crippen LogP contribution in [0.1, 0.15) is 12.5 Å². The van der Waals surface area contributed by atoms with Crippen molar-refractivity contribution < 1.29 is 9.53 Å². The van der Waals surface area contributed by atoms with E-state index in [1.807, 2.05) is 60.1 Å². The number of nitrogens with zero attached hydrogens (tertiary/aromatic N) is 3. The van der Waals surface area contributed by atoms with Gasteiger partial charge >= 0.3 is 0 Å². The predicted octanol–water partition coefficient (Wildman–Crippen LogP) is 3.06. The summed E-state index contributed by atoms with van der Waals surface area (Å²) in [5.74, 6) is 1.21. The van der Waals surface area contributed by atoms with Gasteiger partial charge in [-0.1, -0.05) is 31.2 Å². The molecule has 0 aliphatic heterocycles. The highest BCUT2D eigenvalue weighted by Crippen LogP contribution is 2.20. The van der Waals surface area contributed by atoms with Crippen LogP contribution in [0, 0.1) is 0 Å². The molecule has 3 aromatic rings. The minimum Gasteiger partial charge on any atom is -0.484 e. The van der Waals surface area contributed by atoms with Gasteiger partial charge in [-0.25, -0.2) is 0 Å². The first-order valence-electron chi connectivity index (χ1n) is 8.11. The molecule has 2 aromatic carbocycles. The molecule has 0 fully saturated rings. The lowest BCUT2D eigenvalue weighted by Gasteiger charge is -2.09. The van der Waals surface area contributed by atoms with E-state index in [4.69, 9.17) is 4.74 Å². The smallest absolute Gasteiger partial charge is 0.262 e. The number of hydrogen-bond acceptors (Lipinski definition) is 4. The number of nitrogens with one attached hydrogen (secondary N) is 1. The van der Waals surface area contributed by atoms with E-state index in [0.29, 0.717) is 11.4 Å². The van der Waals surface area contributed by atoms with Gasteiger partial charge in [-0.2, -0.15) is 0 Å². The van der Waals surface area contributed by atoms with Gasteiger partial charge in [-0.3, -0.25) is 4.79 Å². The van der Waals surface area contributed by atoms with Crippen molar-refractivity contribution in [2.75, 3.05) is 11.9 Å². The van der Waals surface area contributed by atoms with Gasteiger partial charge in [0, 0.05) is 18.3 Å². The number of carbonyl (C=O) groups excluding carboxylic acids is 1. The lowest BCUT2D eigenvalue weighted by atomic mass is 10.2. The molecule has 0 unspecified atom stereocenters. The summed E-state index contributed by atoms with van der Waals surface area (Å²) in [4.78, 5) is 12.1. The maximum Gasteiger partial charge on any atom is 0.262 e. The van der Waals surface area contributed by atoms with Crippen molar-refractivity contribution in [1.29, 1.82) is 0 Å². The largest absolute Gasteiger partial charge is 0.484 e. The van der Waals surface area contributed by atoms with Gasteiger partial charge in [0.25, 0.3) is 5.91 Å². The highest BCUT2D eigenvalue weighted by Gasteiger charge is 2.08. The molecule has 3 rings (SSSR count). The highest BCUT2D eigenvalue weighted by molar-refractivity contribution is 5.92. The fourth-order valence-corrected chi connectivity index (χ4v) is 2.45. The van der Waals surface area contributed by atoms with Crippen molar-refractivity contribution in [2.24, 2.45) is 7.05 Å². The summed E-state index contributed by atoms with van der Waals surface area (Å²) in [7, 11) is 1.87. The van der Waals surface area contributed by atoms with Crippen molar-refractivity contribution >= 4 is 11.6 Å². The van der Waals surface area contributed by atoms with Crippen molar-refractivity contribution in [3.05, 3.63) is 60.4 Å². The van der Waals surface area contributed by atoms with E-state index < -0.39 is 0 Å². The second-order valence-electron chi connectivity index (χ2n) is 5.68. The van der Waals surface area contributed by atoms with Crippen LogP contribution >= 0.6 is 0 Å². The van der Waals surface area contributed by atoms with Crippen LogP contribution in [-0.4, -0.2) is 27.3 Å². The number of benzene rings is 2. The summed E-state index contributed by atoms with van der Waals surface area (Å²) < 4.78 is 7.35. The van der Waals surface area contributed by atoms with Crippen LogP contribution in [0.2, 0.25) is 0 Å². The molecule has 1 heterocycles. The van der Waals surface area contributed by atoms with Gasteiger partial charge in [0.15, 0.2) is 12.4 Å². The molecule has 0 aliphatic rings. The Kier molecular flexibility index (Phi) is 5.09. The monoisotopic (exact) mass is 336 g/mol. The van der Waals surface area contributed by atoms with E-state index >= 15 is 0 Å². The Bertz CT molecular complexity index is 856. The molecule has 6 heteroatoms. The van der Waals surface area contributed by atoms with Crippen LogP contribution in [0.15, 0.2) is 54.9 Å². The second kappa shape index (κ2) is 7.61. The van der Waals surface area contributed by atoms with Gasteiger partial charge in [-0.05, 0) is 36.2 Å². The quantitative estimate of drug-likeness (QED) is 0.751. The minimum absolute atomic E-state index is 0.0420. The zero-order valence-electron chi connectivity index (χ0n) is 14.3. The Morgan fingerprint density at radius 3 is 2.68 bits per heavy atom. The third-order valence-corrected chi connectivity index (χ3v) is 3.82. The maximum atomic E-state index is 12.1. The predicted molar refractivity (Wildman–Crippen MR) is 96.4 cm³/mol. The van der Waals surface area contributed by atoms with Crippen LogP contribution < -0.4 is 10.1 Å². The maximum absolute atomic E-state index is 12.1. The molecular weight excluding hydrogens is 316 g/mol. The number of amides is 1. The highest BCUT2D eigenvalue weighted by atomic mass is 16.5. The van der Waals surface area contributed by atoms with Crippen molar-refractivity contribution in [2.45, 2.75) is 13.3 Å². The molecule has 0 bridgehead atoms. The van der Waals surface area contributed by atoms with E-state index in [1.165, 1.54) is 5.56 Å². The molecule has 0 saturated heterocycles. The third-order valence-electron chi connectivity index (χ3n) is 3.82. The van der Waals surface area contributed by atoms with Crippen LogP contribution in [-0.2, 0) is 18.3 Å². The summed E-state index contributed by atoms with van der Waals surface area (Å²) in [5, 5.41) is 10.8. The molecule has 0 saturated carbocycles. The van der Waals surface area contributed by atoms with E-state index in [0.717, 1.165) is 17.8 Å². The number of aryl methyl sites for hydroxylation is 2. The van der Waals surface area contributed by atoms with Crippen LogP contribution in [0.25, 0.3) is 11.4 Å². The summed E-state index contributed by atoms with van der Waals surface area (Å²) in [5.41, 5.74) is 2.81. The molecule has 0 spiro atoms. The lowest BCUT2D eigenvalue weighted by molar-refractivity contribution is -0.118. The average molecular weight is 336 g/mol. The topological polar surface area (TPSA) is 69.0 Å². The number of ether oxygens (including phenoxy) is 1. The Hall–Kier alpha value is -3.15. The molecule has 0 aliphatic carbocycles. The van der Waals surface area contributed by atoms with E-state index in [9.17, 15) is 4.79 Å². The Balaban J connectivity index is 1.60. The summed E-state index contributed by atoms with van der Waals surface area (Å²) >= 11 is 0. The third kappa shape index (κ3) is 4.23. The molecule has 1 N–H and O–H groups in total. The molecule has 6 nitrogen and oxygen atoms in total. The molecule has 0 radical (unpaired) electrons. The first-order valence-corrected chi connectivity index (χ1v) is 8.11. The zero-order valence-corrected chi connectivity index (χ0v) is 14.3. The van der Waals surface area contributed by atoms with Crippen molar-refractivity contribution in [3.8, 4) is 17.1 Å². The number of aromatic nitrogens is 3. The number of rotatable bonds is 6. The Labute approximate surface area is 146 Å². The minimum atomic E-state index is -0.213. The van der Waals surface area contributed by atoms with Gasteiger partial charge < -0.3 is 14.6 Å². The standard InChI is InChI=1S/C19H20N4O2/c1-3-14-7-9-17(10-8-14)25-12-18(24)21-16-6-4-5-15(11-16)19-22-20-13-23(19)2/h4-11,13H,3,12H2,1-2H3,(H,21,24). The van der Waals surface area contributed by atoms with E-state index in [1.54, 1.807) is 6.33 Å². The first kappa shape index (κ1) is 16.7. The van der Waals surface area contributed by atoms with Crippen molar-refractivity contribution in [3.63, 3.8) is 0 Å².